The number of ether oxygens (including phenoxy) is 1. The van der Waals surface area contributed by atoms with Crippen LogP contribution in [0.5, 0.6) is 0 Å². The van der Waals surface area contributed by atoms with Crippen LogP contribution in [0.4, 0.5) is 5.69 Å². The third-order valence-corrected chi connectivity index (χ3v) is 3.34. The van der Waals surface area contributed by atoms with E-state index < -0.39 is 0 Å². The molecule has 0 amide bonds. The molecule has 1 unspecified atom stereocenters. The molecule has 3 heteroatoms. The number of carbonyl (C=O) groups is 1. The van der Waals surface area contributed by atoms with Gasteiger partial charge in [0.2, 0.25) is 0 Å². The van der Waals surface area contributed by atoms with E-state index in [4.69, 9.17) is 0 Å². The minimum absolute atomic E-state index is 0.208. The number of nitrogens with one attached hydrogen (secondary N) is 1. The molecule has 0 aliphatic heterocycles. The second kappa shape index (κ2) is 6.24. The van der Waals surface area contributed by atoms with E-state index in [0.29, 0.717) is 5.56 Å². The average molecular weight is 269 g/mol. The predicted molar refractivity (Wildman–Crippen MR) is 81.0 cm³/mol. The van der Waals surface area contributed by atoms with Crippen molar-refractivity contribution in [1.82, 2.24) is 0 Å². The van der Waals surface area contributed by atoms with E-state index in [-0.39, 0.29) is 12.0 Å². The maximum Gasteiger partial charge on any atom is 0.337 e. The van der Waals surface area contributed by atoms with Gasteiger partial charge in [-0.2, -0.15) is 0 Å². The monoisotopic (exact) mass is 269 g/mol. The van der Waals surface area contributed by atoms with Crippen molar-refractivity contribution in [2.24, 2.45) is 0 Å². The number of hydrogen-bond acceptors (Lipinski definition) is 3. The van der Waals surface area contributed by atoms with E-state index >= 15 is 0 Å². The average Bonchev–Trinajstić information content (AvgIpc) is 2.47. The minimum Gasteiger partial charge on any atom is -0.465 e. The van der Waals surface area contributed by atoms with Crippen LogP contribution in [0, 0.1) is 6.92 Å². The first kappa shape index (κ1) is 14.1. The Hall–Kier alpha value is -2.29. The third kappa shape index (κ3) is 3.18. The molecule has 20 heavy (non-hydrogen) atoms. The van der Waals surface area contributed by atoms with Crippen molar-refractivity contribution in [2.45, 2.75) is 19.9 Å². The molecule has 0 saturated heterocycles. The summed E-state index contributed by atoms with van der Waals surface area (Å²) in [4.78, 5) is 11.4. The fraction of sp³-hybridized carbons (Fsp3) is 0.235. The van der Waals surface area contributed by atoms with Crippen LogP contribution in [0.25, 0.3) is 0 Å². The van der Waals surface area contributed by atoms with Gasteiger partial charge in [-0.05, 0) is 49.2 Å². The third-order valence-electron chi connectivity index (χ3n) is 3.34. The van der Waals surface area contributed by atoms with E-state index in [2.05, 4.69) is 36.0 Å². The Morgan fingerprint density at radius 3 is 2.35 bits per heavy atom. The van der Waals surface area contributed by atoms with Gasteiger partial charge >= 0.3 is 5.97 Å². The van der Waals surface area contributed by atoms with Gasteiger partial charge in [-0.25, -0.2) is 4.79 Å². The summed E-state index contributed by atoms with van der Waals surface area (Å²) < 4.78 is 4.68. The number of carbonyl (C=O) groups excluding carboxylic acids is 1. The van der Waals surface area contributed by atoms with Gasteiger partial charge in [0.05, 0.1) is 12.7 Å². The van der Waals surface area contributed by atoms with Crippen molar-refractivity contribution >= 4 is 11.7 Å². The first-order valence-corrected chi connectivity index (χ1v) is 6.62. The number of aryl methyl sites for hydroxylation is 1. The quantitative estimate of drug-likeness (QED) is 0.854. The smallest absolute Gasteiger partial charge is 0.337 e. The van der Waals surface area contributed by atoms with Crippen LogP contribution in [0.2, 0.25) is 0 Å². The summed E-state index contributed by atoms with van der Waals surface area (Å²) in [5.74, 6) is -0.316. The zero-order valence-corrected chi connectivity index (χ0v) is 12.0. The van der Waals surface area contributed by atoms with Gasteiger partial charge in [0, 0.05) is 11.7 Å². The van der Waals surface area contributed by atoms with Crippen molar-refractivity contribution in [2.75, 3.05) is 12.4 Å². The Labute approximate surface area is 119 Å². The molecule has 0 heterocycles. The summed E-state index contributed by atoms with van der Waals surface area (Å²) in [6.45, 7) is 4.23. The minimum atomic E-state index is -0.316. The molecule has 0 fully saturated rings. The lowest BCUT2D eigenvalue weighted by atomic mass is 10.0. The van der Waals surface area contributed by atoms with Gasteiger partial charge in [0.15, 0.2) is 0 Å². The van der Waals surface area contributed by atoms with Crippen LogP contribution in [-0.4, -0.2) is 13.1 Å². The van der Waals surface area contributed by atoms with E-state index in [1.807, 2.05) is 24.3 Å². The number of hydrogen-bond donors (Lipinski definition) is 1. The van der Waals surface area contributed by atoms with Gasteiger partial charge < -0.3 is 10.1 Å². The van der Waals surface area contributed by atoms with Crippen molar-refractivity contribution < 1.29 is 9.53 Å². The number of methoxy groups -OCH3 is 1. The Morgan fingerprint density at radius 2 is 1.75 bits per heavy atom. The van der Waals surface area contributed by atoms with Crippen molar-refractivity contribution in [3.8, 4) is 0 Å². The molecule has 1 N–H and O–H groups in total. The molecule has 2 aromatic rings. The van der Waals surface area contributed by atoms with Crippen LogP contribution in [0.1, 0.15) is 34.5 Å². The molecule has 0 aliphatic carbocycles. The van der Waals surface area contributed by atoms with E-state index in [0.717, 1.165) is 5.69 Å². The van der Waals surface area contributed by atoms with Gasteiger partial charge in [-0.1, -0.05) is 24.3 Å². The molecule has 2 rings (SSSR count). The second-order valence-corrected chi connectivity index (χ2v) is 4.79. The molecule has 0 radical (unpaired) electrons. The number of anilines is 1. The molecular weight excluding hydrogens is 250 g/mol. The molecule has 0 saturated carbocycles. The molecule has 2 aromatic carbocycles. The maximum atomic E-state index is 11.4. The zero-order valence-electron chi connectivity index (χ0n) is 12.0. The van der Waals surface area contributed by atoms with Gasteiger partial charge in [0.1, 0.15) is 0 Å². The Kier molecular flexibility index (Phi) is 4.41. The highest BCUT2D eigenvalue weighted by atomic mass is 16.5. The first-order valence-electron chi connectivity index (χ1n) is 6.62. The van der Waals surface area contributed by atoms with Crippen molar-refractivity contribution in [3.63, 3.8) is 0 Å². The lowest BCUT2D eigenvalue weighted by Gasteiger charge is -2.18. The van der Waals surface area contributed by atoms with Crippen molar-refractivity contribution in [3.05, 3.63) is 65.2 Å². The summed E-state index contributed by atoms with van der Waals surface area (Å²) in [6, 6.07) is 15.8. The van der Waals surface area contributed by atoms with Crippen LogP contribution >= 0.6 is 0 Å². The van der Waals surface area contributed by atoms with Crippen LogP contribution in [0.15, 0.2) is 48.5 Å². The van der Waals surface area contributed by atoms with Gasteiger partial charge in [-0.15, -0.1) is 0 Å². The van der Waals surface area contributed by atoms with Crippen molar-refractivity contribution in [1.29, 1.82) is 0 Å². The standard InChI is InChI=1S/C17H19NO2/c1-12-6-4-5-7-16(12)13(2)18-15-10-8-14(9-11-15)17(19)20-3/h4-11,13,18H,1-3H3. The predicted octanol–water partition coefficient (Wildman–Crippen LogP) is 3.95. The Bertz CT molecular complexity index is 590. The fourth-order valence-electron chi connectivity index (χ4n) is 2.22. The van der Waals surface area contributed by atoms with E-state index in [1.165, 1.54) is 18.2 Å². The van der Waals surface area contributed by atoms with Crippen LogP contribution < -0.4 is 5.32 Å². The highest BCUT2D eigenvalue weighted by molar-refractivity contribution is 5.89. The molecule has 1 atom stereocenters. The first-order chi connectivity index (χ1) is 9.61. The van der Waals surface area contributed by atoms with Gasteiger partial charge in [0.25, 0.3) is 0 Å². The fourth-order valence-corrected chi connectivity index (χ4v) is 2.22. The number of benzene rings is 2. The normalized spacial score (nSPS) is 11.8. The molecule has 0 spiro atoms. The maximum absolute atomic E-state index is 11.4. The highest BCUT2D eigenvalue weighted by Gasteiger charge is 2.09. The number of rotatable bonds is 4. The Morgan fingerprint density at radius 1 is 1.10 bits per heavy atom. The molecule has 0 aromatic heterocycles. The lowest BCUT2D eigenvalue weighted by Crippen LogP contribution is -2.08. The molecule has 3 nitrogen and oxygen atoms in total. The topological polar surface area (TPSA) is 38.3 Å². The van der Waals surface area contributed by atoms with Crippen LogP contribution in [-0.2, 0) is 4.74 Å². The Balaban J connectivity index is 2.10. The van der Waals surface area contributed by atoms with E-state index in [9.17, 15) is 4.79 Å². The summed E-state index contributed by atoms with van der Waals surface area (Å²) >= 11 is 0. The molecule has 104 valence electrons. The second-order valence-electron chi connectivity index (χ2n) is 4.79. The zero-order chi connectivity index (χ0) is 14.5. The van der Waals surface area contributed by atoms with E-state index in [1.54, 1.807) is 12.1 Å². The largest absolute Gasteiger partial charge is 0.465 e. The molecular formula is C17H19NO2. The summed E-state index contributed by atoms with van der Waals surface area (Å²) in [5, 5.41) is 3.43. The molecule has 0 bridgehead atoms. The number of esters is 1. The highest BCUT2D eigenvalue weighted by Crippen LogP contribution is 2.22. The summed E-state index contributed by atoms with van der Waals surface area (Å²) in [6.07, 6.45) is 0. The summed E-state index contributed by atoms with van der Waals surface area (Å²) in [5.41, 5.74) is 4.07. The van der Waals surface area contributed by atoms with Gasteiger partial charge in [-0.3, -0.25) is 0 Å². The summed E-state index contributed by atoms with van der Waals surface area (Å²) in [7, 11) is 1.38. The van der Waals surface area contributed by atoms with Crippen LogP contribution in [0.3, 0.4) is 0 Å². The molecule has 0 aliphatic rings. The lowest BCUT2D eigenvalue weighted by molar-refractivity contribution is 0.0601. The SMILES string of the molecule is COC(=O)c1ccc(NC(C)c2ccccc2C)cc1.